The van der Waals surface area contributed by atoms with Crippen molar-refractivity contribution >= 4 is 11.6 Å². The molecule has 0 aliphatic carbocycles. The number of nitrogens with one attached hydrogen (secondary N) is 2. The number of para-hydroxylation sites is 1. The smallest absolute Gasteiger partial charge is 0.239 e. The Kier molecular flexibility index (Phi) is 4.61. The van der Waals surface area contributed by atoms with Crippen LogP contribution in [-0.2, 0) is 17.8 Å². The summed E-state index contributed by atoms with van der Waals surface area (Å²) in [5, 5.41) is 5.95. The number of hydrogen-bond donors (Lipinski definition) is 2. The Balaban J connectivity index is 1.80. The number of furan rings is 1. The second-order valence-corrected chi connectivity index (χ2v) is 4.22. The summed E-state index contributed by atoms with van der Waals surface area (Å²) in [4.78, 5) is 11.7. The minimum atomic E-state index is -0.0534. The van der Waals surface area contributed by atoms with Gasteiger partial charge in [-0.1, -0.05) is 25.1 Å². The third kappa shape index (κ3) is 3.88. The van der Waals surface area contributed by atoms with Crippen molar-refractivity contribution in [3.05, 3.63) is 54.0 Å². The first-order chi connectivity index (χ1) is 9.29. The summed E-state index contributed by atoms with van der Waals surface area (Å²) < 4.78 is 5.15. The molecule has 2 aromatic rings. The number of carbonyl (C=O) groups is 1. The van der Waals surface area contributed by atoms with Crippen LogP contribution >= 0.6 is 0 Å². The van der Waals surface area contributed by atoms with Gasteiger partial charge in [-0.2, -0.15) is 0 Å². The highest BCUT2D eigenvalue weighted by atomic mass is 16.3. The van der Waals surface area contributed by atoms with E-state index >= 15 is 0 Å². The number of hydrogen-bond acceptors (Lipinski definition) is 3. The number of aryl methyl sites for hydroxylation is 1. The molecule has 0 aliphatic rings. The van der Waals surface area contributed by atoms with Gasteiger partial charge in [0.1, 0.15) is 5.76 Å². The van der Waals surface area contributed by atoms with Crippen LogP contribution in [0.2, 0.25) is 0 Å². The highest BCUT2D eigenvalue weighted by Gasteiger charge is 2.04. The van der Waals surface area contributed by atoms with Gasteiger partial charge in [-0.05, 0) is 30.2 Å². The monoisotopic (exact) mass is 258 g/mol. The maximum Gasteiger partial charge on any atom is 0.239 e. The SMILES string of the molecule is CCc1ccccc1NCC(=O)NCc1ccco1. The average Bonchev–Trinajstić information content (AvgIpc) is 2.96. The Bertz CT molecular complexity index is 521. The minimum Gasteiger partial charge on any atom is -0.467 e. The summed E-state index contributed by atoms with van der Waals surface area (Å²) in [5.41, 5.74) is 2.22. The van der Waals surface area contributed by atoms with E-state index in [9.17, 15) is 4.79 Å². The van der Waals surface area contributed by atoms with Crippen LogP contribution in [0.15, 0.2) is 47.1 Å². The van der Waals surface area contributed by atoms with E-state index in [0.29, 0.717) is 6.54 Å². The van der Waals surface area contributed by atoms with Crippen molar-refractivity contribution in [2.24, 2.45) is 0 Å². The number of amides is 1. The standard InChI is InChI=1S/C15H18N2O2/c1-2-12-6-3-4-8-14(12)16-11-15(18)17-10-13-7-5-9-19-13/h3-9,16H,2,10-11H2,1H3,(H,17,18). The molecule has 0 saturated heterocycles. The van der Waals surface area contributed by atoms with Gasteiger partial charge in [0.2, 0.25) is 5.91 Å². The minimum absolute atomic E-state index is 0.0534. The van der Waals surface area contributed by atoms with E-state index in [1.165, 1.54) is 5.56 Å². The lowest BCUT2D eigenvalue weighted by Gasteiger charge is -2.10. The van der Waals surface area contributed by atoms with Crippen molar-refractivity contribution < 1.29 is 9.21 Å². The second kappa shape index (κ2) is 6.64. The second-order valence-electron chi connectivity index (χ2n) is 4.22. The summed E-state index contributed by atoms with van der Waals surface area (Å²) in [6.07, 6.45) is 2.54. The van der Waals surface area contributed by atoms with Crippen molar-refractivity contribution in [3.63, 3.8) is 0 Å². The molecular weight excluding hydrogens is 240 g/mol. The van der Waals surface area contributed by atoms with E-state index in [1.54, 1.807) is 12.3 Å². The number of benzene rings is 1. The fraction of sp³-hybridized carbons (Fsp3) is 0.267. The van der Waals surface area contributed by atoms with Crippen molar-refractivity contribution in [2.45, 2.75) is 19.9 Å². The lowest BCUT2D eigenvalue weighted by Crippen LogP contribution is -2.29. The molecule has 0 saturated carbocycles. The first kappa shape index (κ1) is 13.2. The van der Waals surface area contributed by atoms with Crippen LogP contribution in [0.4, 0.5) is 5.69 Å². The first-order valence-corrected chi connectivity index (χ1v) is 6.40. The van der Waals surface area contributed by atoms with Crippen LogP contribution in [0.25, 0.3) is 0 Å². The van der Waals surface area contributed by atoms with Gasteiger partial charge in [-0.25, -0.2) is 0 Å². The van der Waals surface area contributed by atoms with Crippen LogP contribution in [0.3, 0.4) is 0 Å². The van der Waals surface area contributed by atoms with Crippen LogP contribution in [-0.4, -0.2) is 12.5 Å². The Morgan fingerprint density at radius 1 is 1.21 bits per heavy atom. The lowest BCUT2D eigenvalue weighted by atomic mass is 10.1. The summed E-state index contributed by atoms with van der Waals surface area (Å²) >= 11 is 0. The molecule has 0 spiro atoms. The molecule has 4 nitrogen and oxygen atoms in total. The Hall–Kier alpha value is -2.23. The predicted octanol–water partition coefficient (Wildman–Crippen LogP) is 2.57. The largest absolute Gasteiger partial charge is 0.467 e. The molecule has 1 aromatic carbocycles. The summed E-state index contributed by atoms with van der Waals surface area (Å²) in [6, 6.07) is 11.6. The zero-order chi connectivity index (χ0) is 13.5. The van der Waals surface area contributed by atoms with Crippen molar-refractivity contribution in [1.29, 1.82) is 0 Å². The maximum absolute atomic E-state index is 11.7. The van der Waals surface area contributed by atoms with E-state index in [1.807, 2.05) is 24.3 Å². The Labute approximate surface area is 112 Å². The number of rotatable bonds is 6. The normalized spacial score (nSPS) is 10.2. The van der Waals surface area contributed by atoms with E-state index in [-0.39, 0.29) is 12.5 Å². The fourth-order valence-corrected chi connectivity index (χ4v) is 1.84. The van der Waals surface area contributed by atoms with Gasteiger partial charge in [0.05, 0.1) is 19.4 Å². The van der Waals surface area contributed by atoms with Gasteiger partial charge in [-0.3, -0.25) is 4.79 Å². The molecular formula is C15H18N2O2. The Morgan fingerprint density at radius 3 is 2.79 bits per heavy atom. The quantitative estimate of drug-likeness (QED) is 0.837. The number of anilines is 1. The van der Waals surface area contributed by atoms with Crippen LogP contribution in [0.1, 0.15) is 18.2 Å². The summed E-state index contributed by atoms with van der Waals surface area (Å²) in [5.74, 6) is 0.699. The molecule has 0 fully saturated rings. The Morgan fingerprint density at radius 2 is 2.05 bits per heavy atom. The zero-order valence-electron chi connectivity index (χ0n) is 11.0. The molecule has 0 radical (unpaired) electrons. The van der Waals surface area contributed by atoms with Gasteiger partial charge in [0, 0.05) is 5.69 Å². The van der Waals surface area contributed by atoms with Gasteiger partial charge >= 0.3 is 0 Å². The third-order valence-corrected chi connectivity index (χ3v) is 2.88. The summed E-state index contributed by atoms with van der Waals surface area (Å²) in [6.45, 7) is 2.78. The molecule has 0 aliphatic heterocycles. The molecule has 1 aromatic heterocycles. The fourth-order valence-electron chi connectivity index (χ4n) is 1.84. The molecule has 2 N–H and O–H groups in total. The van der Waals surface area contributed by atoms with Crippen LogP contribution in [0.5, 0.6) is 0 Å². The molecule has 1 amide bonds. The number of carbonyl (C=O) groups excluding carboxylic acids is 1. The van der Waals surface area contributed by atoms with Crippen molar-refractivity contribution in [3.8, 4) is 0 Å². The topological polar surface area (TPSA) is 54.3 Å². The summed E-state index contributed by atoms with van der Waals surface area (Å²) in [7, 11) is 0. The van der Waals surface area contributed by atoms with Gasteiger partial charge in [0.25, 0.3) is 0 Å². The molecule has 4 heteroatoms. The molecule has 0 bridgehead atoms. The van der Waals surface area contributed by atoms with Gasteiger partial charge in [0.15, 0.2) is 0 Å². The van der Waals surface area contributed by atoms with Gasteiger partial charge < -0.3 is 15.1 Å². The predicted molar refractivity (Wildman–Crippen MR) is 74.9 cm³/mol. The van der Waals surface area contributed by atoms with Crippen molar-refractivity contribution in [1.82, 2.24) is 5.32 Å². The highest BCUT2D eigenvalue weighted by Crippen LogP contribution is 2.14. The van der Waals surface area contributed by atoms with E-state index in [2.05, 4.69) is 23.6 Å². The molecule has 0 unspecified atom stereocenters. The average molecular weight is 258 g/mol. The lowest BCUT2D eigenvalue weighted by molar-refractivity contribution is -0.119. The zero-order valence-corrected chi connectivity index (χ0v) is 11.0. The molecule has 19 heavy (non-hydrogen) atoms. The van der Waals surface area contributed by atoms with E-state index in [4.69, 9.17) is 4.42 Å². The molecule has 100 valence electrons. The van der Waals surface area contributed by atoms with Crippen LogP contribution < -0.4 is 10.6 Å². The van der Waals surface area contributed by atoms with Crippen LogP contribution in [0, 0.1) is 0 Å². The first-order valence-electron chi connectivity index (χ1n) is 6.40. The van der Waals surface area contributed by atoms with E-state index < -0.39 is 0 Å². The van der Waals surface area contributed by atoms with Gasteiger partial charge in [-0.15, -0.1) is 0 Å². The molecule has 1 heterocycles. The van der Waals surface area contributed by atoms with Crippen molar-refractivity contribution in [2.75, 3.05) is 11.9 Å². The third-order valence-electron chi connectivity index (χ3n) is 2.88. The van der Waals surface area contributed by atoms with E-state index in [0.717, 1.165) is 17.9 Å². The maximum atomic E-state index is 11.7. The molecule has 0 atom stereocenters. The molecule has 2 rings (SSSR count). The highest BCUT2D eigenvalue weighted by molar-refractivity contribution is 5.80.